The fraction of sp³-hybridized carbons (Fsp3) is 0.571. The molecule has 0 bridgehead atoms. The Kier molecular flexibility index (Phi) is 5.82. The van der Waals surface area contributed by atoms with Gasteiger partial charge in [-0.1, -0.05) is 19.1 Å². The number of hydrogen-bond acceptors (Lipinski definition) is 4. The Morgan fingerprint density at radius 3 is 2.53 bits per heavy atom. The number of nitrogens with one attached hydrogen (secondary N) is 1. The summed E-state index contributed by atoms with van der Waals surface area (Å²) in [6, 6.07) is 7.40. The van der Waals surface area contributed by atoms with Crippen molar-refractivity contribution in [3.63, 3.8) is 0 Å². The highest BCUT2D eigenvalue weighted by atomic mass is 32.2. The maximum absolute atomic E-state index is 11.5. The van der Waals surface area contributed by atoms with Crippen LogP contribution in [-0.2, 0) is 9.84 Å². The van der Waals surface area contributed by atoms with Crippen molar-refractivity contribution in [2.45, 2.75) is 32.9 Å². The minimum absolute atomic E-state index is 0.0893. The van der Waals surface area contributed by atoms with Crippen molar-refractivity contribution in [1.29, 1.82) is 0 Å². The second kappa shape index (κ2) is 6.91. The second-order valence-corrected chi connectivity index (χ2v) is 7.13. The summed E-state index contributed by atoms with van der Waals surface area (Å²) in [4.78, 5) is 0. The van der Waals surface area contributed by atoms with E-state index in [0.717, 1.165) is 17.9 Å². The highest BCUT2D eigenvalue weighted by Gasteiger charge is 2.17. The van der Waals surface area contributed by atoms with Crippen LogP contribution in [0.1, 0.15) is 32.4 Å². The van der Waals surface area contributed by atoms with Gasteiger partial charge in [0.2, 0.25) is 0 Å². The molecule has 0 aliphatic rings. The third-order valence-corrected chi connectivity index (χ3v) is 3.49. The molecule has 1 N–H and O–H groups in total. The zero-order valence-electron chi connectivity index (χ0n) is 12.0. The lowest BCUT2D eigenvalue weighted by atomic mass is 10.1. The summed E-state index contributed by atoms with van der Waals surface area (Å²) >= 11 is 0. The molecular weight excluding hydrogens is 262 g/mol. The first-order valence-electron chi connectivity index (χ1n) is 6.49. The van der Waals surface area contributed by atoms with E-state index >= 15 is 0 Å². The van der Waals surface area contributed by atoms with E-state index in [9.17, 15) is 8.42 Å². The first kappa shape index (κ1) is 16.0. The molecule has 0 heterocycles. The summed E-state index contributed by atoms with van der Waals surface area (Å²) in [5.41, 5.74) is 0.936. The summed E-state index contributed by atoms with van der Waals surface area (Å²) in [6.45, 7) is 6.61. The minimum atomic E-state index is -3.03. The third-order valence-electron chi connectivity index (χ3n) is 2.55. The quantitative estimate of drug-likeness (QED) is 0.834. The molecule has 0 amide bonds. The van der Waals surface area contributed by atoms with Gasteiger partial charge >= 0.3 is 0 Å². The van der Waals surface area contributed by atoms with Gasteiger partial charge < -0.3 is 10.1 Å². The fourth-order valence-electron chi connectivity index (χ4n) is 1.90. The average molecular weight is 285 g/mol. The number of sulfone groups is 1. The molecule has 0 saturated carbocycles. The zero-order valence-corrected chi connectivity index (χ0v) is 12.8. The predicted molar refractivity (Wildman–Crippen MR) is 78.3 cm³/mol. The van der Waals surface area contributed by atoms with Crippen LogP contribution < -0.4 is 10.1 Å². The van der Waals surface area contributed by atoms with Crippen LogP contribution in [0.15, 0.2) is 24.3 Å². The van der Waals surface area contributed by atoms with E-state index in [1.54, 1.807) is 0 Å². The summed E-state index contributed by atoms with van der Waals surface area (Å²) in [7, 11) is -3.03. The molecule has 0 aliphatic carbocycles. The van der Waals surface area contributed by atoms with Crippen LogP contribution in [0.25, 0.3) is 0 Å². The van der Waals surface area contributed by atoms with Gasteiger partial charge in [0.15, 0.2) is 0 Å². The SMILES string of the molecule is CCNC(CS(C)(=O)=O)c1cccc(OC(C)C)c1. The molecule has 0 radical (unpaired) electrons. The van der Waals surface area contributed by atoms with E-state index in [4.69, 9.17) is 4.74 Å². The molecule has 0 saturated heterocycles. The van der Waals surface area contributed by atoms with E-state index < -0.39 is 9.84 Å². The van der Waals surface area contributed by atoms with Crippen LogP contribution in [0.2, 0.25) is 0 Å². The Balaban J connectivity index is 2.95. The van der Waals surface area contributed by atoms with E-state index in [0.29, 0.717) is 0 Å². The van der Waals surface area contributed by atoms with E-state index in [2.05, 4.69) is 5.32 Å². The van der Waals surface area contributed by atoms with Gasteiger partial charge in [-0.05, 0) is 38.1 Å². The topological polar surface area (TPSA) is 55.4 Å². The van der Waals surface area contributed by atoms with Crippen molar-refractivity contribution in [2.75, 3.05) is 18.6 Å². The molecule has 1 rings (SSSR count). The largest absolute Gasteiger partial charge is 0.491 e. The van der Waals surface area contributed by atoms with Crippen molar-refractivity contribution in [3.05, 3.63) is 29.8 Å². The molecule has 1 unspecified atom stereocenters. The fourth-order valence-corrected chi connectivity index (χ4v) is 2.81. The molecule has 0 aliphatic heterocycles. The maximum atomic E-state index is 11.5. The van der Waals surface area contributed by atoms with Gasteiger partial charge in [0.1, 0.15) is 15.6 Å². The Hall–Kier alpha value is -1.07. The van der Waals surface area contributed by atoms with Gasteiger partial charge in [0.25, 0.3) is 0 Å². The molecule has 108 valence electrons. The van der Waals surface area contributed by atoms with Gasteiger partial charge in [0, 0.05) is 12.3 Å². The maximum Gasteiger partial charge on any atom is 0.149 e. The van der Waals surface area contributed by atoms with Gasteiger partial charge in [-0.25, -0.2) is 8.42 Å². The van der Waals surface area contributed by atoms with Gasteiger partial charge in [-0.15, -0.1) is 0 Å². The number of ether oxygens (including phenoxy) is 1. The van der Waals surface area contributed by atoms with E-state index in [1.165, 1.54) is 6.26 Å². The Morgan fingerprint density at radius 1 is 1.32 bits per heavy atom. The van der Waals surface area contributed by atoms with Gasteiger partial charge in [-0.2, -0.15) is 0 Å². The monoisotopic (exact) mass is 285 g/mol. The van der Waals surface area contributed by atoms with Crippen molar-refractivity contribution >= 4 is 9.84 Å². The lowest BCUT2D eigenvalue weighted by Crippen LogP contribution is -2.27. The first-order valence-corrected chi connectivity index (χ1v) is 8.55. The average Bonchev–Trinajstić information content (AvgIpc) is 2.26. The van der Waals surface area contributed by atoms with Gasteiger partial charge in [0.05, 0.1) is 11.9 Å². The van der Waals surface area contributed by atoms with Crippen LogP contribution in [0.5, 0.6) is 5.75 Å². The van der Waals surface area contributed by atoms with Crippen LogP contribution >= 0.6 is 0 Å². The predicted octanol–water partition coefficient (Wildman–Crippen LogP) is 2.17. The van der Waals surface area contributed by atoms with Crippen LogP contribution in [0.4, 0.5) is 0 Å². The van der Waals surface area contributed by atoms with E-state index in [-0.39, 0.29) is 17.9 Å². The standard InChI is InChI=1S/C14H23NO3S/c1-5-15-14(10-19(4,16)17)12-7-6-8-13(9-12)18-11(2)3/h6-9,11,14-15H,5,10H2,1-4H3. The number of hydrogen-bond donors (Lipinski definition) is 1. The lowest BCUT2D eigenvalue weighted by Gasteiger charge is -2.19. The number of benzene rings is 1. The third kappa shape index (κ3) is 6.07. The minimum Gasteiger partial charge on any atom is -0.491 e. The van der Waals surface area contributed by atoms with Crippen LogP contribution in [0, 0.1) is 0 Å². The van der Waals surface area contributed by atoms with Crippen molar-refractivity contribution in [2.24, 2.45) is 0 Å². The summed E-state index contributed by atoms with van der Waals surface area (Å²) < 4.78 is 28.6. The van der Waals surface area contributed by atoms with Crippen LogP contribution in [-0.4, -0.2) is 33.1 Å². The Bertz CT molecular complexity index is 497. The smallest absolute Gasteiger partial charge is 0.149 e. The van der Waals surface area contributed by atoms with Crippen LogP contribution in [0.3, 0.4) is 0 Å². The molecule has 0 spiro atoms. The Morgan fingerprint density at radius 2 is 2.00 bits per heavy atom. The Labute approximate surface area is 116 Å². The molecule has 4 nitrogen and oxygen atoms in total. The second-order valence-electron chi connectivity index (χ2n) is 4.94. The van der Waals surface area contributed by atoms with Crippen molar-refractivity contribution < 1.29 is 13.2 Å². The normalized spacial score (nSPS) is 13.5. The molecule has 1 aromatic carbocycles. The first-order chi connectivity index (χ1) is 8.81. The highest BCUT2D eigenvalue weighted by Crippen LogP contribution is 2.21. The lowest BCUT2D eigenvalue weighted by molar-refractivity contribution is 0.242. The summed E-state index contributed by atoms with van der Waals surface area (Å²) in [6.07, 6.45) is 1.36. The zero-order chi connectivity index (χ0) is 14.5. The summed E-state index contributed by atoms with van der Waals surface area (Å²) in [5.74, 6) is 0.857. The van der Waals surface area contributed by atoms with Crippen molar-refractivity contribution in [1.82, 2.24) is 5.32 Å². The number of rotatable bonds is 7. The highest BCUT2D eigenvalue weighted by molar-refractivity contribution is 7.90. The van der Waals surface area contributed by atoms with E-state index in [1.807, 2.05) is 45.0 Å². The molecule has 0 aromatic heterocycles. The summed E-state index contributed by atoms with van der Waals surface area (Å²) in [5, 5.41) is 3.20. The van der Waals surface area contributed by atoms with Gasteiger partial charge in [-0.3, -0.25) is 0 Å². The molecule has 19 heavy (non-hydrogen) atoms. The van der Waals surface area contributed by atoms with Crippen molar-refractivity contribution in [3.8, 4) is 5.75 Å². The molecule has 0 fully saturated rings. The molecule has 5 heteroatoms. The molecule has 1 atom stereocenters. The molecular formula is C14H23NO3S. The molecule has 1 aromatic rings.